The molecule has 4 nitrogen and oxygen atoms in total. The predicted molar refractivity (Wildman–Crippen MR) is 84.2 cm³/mol. The van der Waals surface area contributed by atoms with Gasteiger partial charge in [-0.25, -0.2) is 0 Å². The molecule has 1 heterocycles. The lowest BCUT2D eigenvalue weighted by molar-refractivity contribution is -0.123. The van der Waals surface area contributed by atoms with Crippen molar-refractivity contribution in [2.45, 2.75) is 38.3 Å². The van der Waals surface area contributed by atoms with Gasteiger partial charge in [0.15, 0.2) is 0 Å². The Hall–Kier alpha value is -1.10. The Kier molecular flexibility index (Phi) is 6.49. The van der Waals surface area contributed by atoms with Crippen LogP contribution in [0.3, 0.4) is 0 Å². The van der Waals surface area contributed by atoms with Crippen molar-refractivity contribution in [3.63, 3.8) is 0 Å². The number of hydrogen-bond donors (Lipinski definition) is 2. The van der Waals surface area contributed by atoms with Crippen LogP contribution in [0.5, 0.6) is 0 Å². The fourth-order valence-electron chi connectivity index (χ4n) is 2.82. The molecule has 2 N–H and O–H groups in total. The van der Waals surface area contributed by atoms with Gasteiger partial charge in [0.25, 0.3) is 0 Å². The molecule has 5 heteroatoms. The number of amides is 1. The van der Waals surface area contributed by atoms with Crippen LogP contribution < -0.4 is 5.32 Å². The monoisotopic (exact) mass is 310 g/mol. The minimum atomic E-state index is 0.0137. The van der Waals surface area contributed by atoms with Crippen molar-refractivity contribution in [3.05, 3.63) is 34.9 Å². The van der Waals surface area contributed by atoms with E-state index in [1.165, 1.54) is 6.42 Å². The molecule has 0 bridgehead atoms. The zero-order valence-corrected chi connectivity index (χ0v) is 13.0. The Morgan fingerprint density at radius 3 is 2.95 bits per heavy atom. The van der Waals surface area contributed by atoms with Crippen LogP contribution >= 0.6 is 11.6 Å². The molecule has 2 rings (SSSR count). The molecule has 1 aromatic carbocycles. The summed E-state index contributed by atoms with van der Waals surface area (Å²) in [6.07, 6.45) is 4.12. The quantitative estimate of drug-likeness (QED) is 0.847. The van der Waals surface area contributed by atoms with Gasteiger partial charge in [-0.15, -0.1) is 0 Å². The van der Waals surface area contributed by atoms with Crippen molar-refractivity contribution in [2.75, 3.05) is 19.7 Å². The first-order valence-electron chi connectivity index (χ1n) is 7.55. The maximum absolute atomic E-state index is 12.1. The fourth-order valence-corrected chi connectivity index (χ4v) is 3.02. The van der Waals surface area contributed by atoms with E-state index in [1.54, 1.807) is 0 Å². The highest BCUT2D eigenvalue weighted by Crippen LogP contribution is 2.19. The number of carbonyl (C=O) groups is 1. The molecular formula is C16H23ClN2O2. The zero-order chi connectivity index (χ0) is 15.1. The van der Waals surface area contributed by atoms with Crippen molar-refractivity contribution < 1.29 is 9.90 Å². The van der Waals surface area contributed by atoms with E-state index >= 15 is 0 Å². The molecule has 1 saturated heterocycles. The van der Waals surface area contributed by atoms with Gasteiger partial charge in [-0.1, -0.05) is 36.2 Å². The first-order chi connectivity index (χ1) is 10.2. The summed E-state index contributed by atoms with van der Waals surface area (Å²) in [6.45, 7) is 1.97. The lowest BCUT2D eigenvalue weighted by Gasteiger charge is -2.34. The number of benzene rings is 1. The molecule has 1 amide bonds. The van der Waals surface area contributed by atoms with E-state index in [0.29, 0.717) is 24.2 Å². The summed E-state index contributed by atoms with van der Waals surface area (Å²) >= 11 is 6.07. The highest BCUT2D eigenvalue weighted by molar-refractivity contribution is 6.31. The van der Waals surface area contributed by atoms with Gasteiger partial charge in [0, 0.05) is 24.2 Å². The molecule has 0 aromatic heterocycles. The molecule has 116 valence electrons. The van der Waals surface area contributed by atoms with Gasteiger partial charge in [-0.05, 0) is 37.4 Å². The molecule has 1 aromatic rings. The van der Waals surface area contributed by atoms with Crippen molar-refractivity contribution in [1.82, 2.24) is 10.2 Å². The smallest absolute Gasteiger partial charge is 0.234 e. The number of nitrogens with one attached hydrogen (secondary N) is 1. The van der Waals surface area contributed by atoms with Crippen molar-refractivity contribution in [2.24, 2.45) is 0 Å². The Labute approximate surface area is 131 Å². The minimum absolute atomic E-state index is 0.0137. The number of halogens is 1. The second-order valence-electron chi connectivity index (χ2n) is 5.50. The van der Waals surface area contributed by atoms with Gasteiger partial charge in [0.2, 0.25) is 5.91 Å². The molecule has 1 aliphatic heterocycles. The van der Waals surface area contributed by atoms with E-state index in [4.69, 9.17) is 16.7 Å². The van der Waals surface area contributed by atoms with Gasteiger partial charge in [0.05, 0.1) is 6.54 Å². The van der Waals surface area contributed by atoms with Crippen LogP contribution in [0.1, 0.15) is 31.2 Å². The third-order valence-corrected chi connectivity index (χ3v) is 4.36. The second kappa shape index (κ2) is 8.37. The normalized spacial score (nSPS) is 19.4. The van der Waals surface area contributed by atoms with Crippen molar-refractivity contribution in [3.8, 4) is 0 Å². The maximum Gasteiger partial charge on any atom is 0.234 e. The van der Waals surface area contributed by atoms with E-state index in [-0.39, 0.29) is 12.5 Å². The van der Waals surface area contributed by atoms with Gasteiger partial charge in [0.1, 0.15) is 0 Å². The van der Waals surface area contributed by atoms with E-state index in [2.05, 4.69) is 10.2 Å². The van der Waals surface area contributed by atoms with Crippen LogP contribution in [0.15, 0.2) is 24.3 Å². The highest BCUT2D eigenvalue weighted by atomic mass is 35.5. The van der Waals surface area contributed by atoms with Crippen LogP contribution in [-0.2, 0) is 11.3 Å². The minimum Gasteiger partial charge on any atom is -0.396 e. The summed E-state index contributed by atoms with van der Waals surface area (Å²) in [5, 5.41) is 12.7. The average molecular weight is 311 g/mol. The largest absolute Gasteiger partial charge is 0.396 e. The number of likely N-dealkylation sites (tertiary alicyclic amines) is 1. The molecule has 1 atom stereocenters. The average Bonchev–Trinajstić information content (AvgIpc) is 2.49. The third kappa shape index (κ3) is 4.99. The topological polar surface area (TPSA) is 52.6 Å². The van der Waals surface area contributed by atoms with E-state index in [0.717, 1.165) is 31.4 Å². The number of aliphatic hydroxyl groups excluding tert-OH is 1. The van der Waals surface area contributed by atoms with Crippen LogP contribution in [-0.4, -0.2) is 41.7 Å². The summed E-state index contributed by atoms with van der Waals surface area (Å²) in [6, 6.07) is 7.86. The molecule has 0 saturated carbocycles. The van der Waals surface area contributed by atoms with Gasteiger partial charge in [-0.3, -0.25) is 9.69 Å². The van der Waals surface area contributed by atoms with Crippen LogP contribution in [0.4, 0.5) is 0 Å². The highest BCUT2D eigenvalue weighted by Gasteiger charge is 2.23. The number of rotatable bonds is 6. The first-order valence-corrected chi connectivity index (χ1v) is 7.93. The summed E-state index contributed by atoms with van der Waals surface area (Å²) in [4.78, 5) is 14.3. The second-order valence-corrected chi connectivity index (χ2v) is 5.91. The van der Waals surface area contributed by atoms with Crippen LogP contribution in [0, 0.1) is 0 Å². The Bertz CT molecular complexity index is 465. The zero-order valence-electron chi connectivity index (χ0n) is 12.2. The Balaban J connectivity index is 1.82. The van der Waals surface area contributed by atoms with Crippen LogP contribution in [0.25, 0.3) is 0 Å². The first kappa shape index (κ1) is 16.3. The number of nitrogens with zero attached hydrogens (tertiary/aromatic N) is 1. The number of piperidine rings is 1. The number of carbonyl (C=O) groups excluding carboxylic acids is 1. The fraction of sp³-hybridized carbons (Fsp3) is 0.562. The van der Waals surface area contributed by atoms with Gasteiger partial charge < -0.3 is 10.4 Å². The summed E-state index contributed by atoms with van der Waals surface area (Å²) in [5.41, 5.74) is 0.929. The number of aliphatic hydroxyl groups is 1. The molecule has 0 radical (unpaired) electrons. The van der Waals surface area contributed by atoms with E-state index in [1.807, 2.05) is 24.3 Å². The van der Waals surface area contributed by atoms with Crippen molar-refractivity contribution in [1.29, 1.82) is 0 Å². The summed E-state index contributed by atoms with van der Waals surface area (Å²) < 4.78 is 0. The Morgan fingerprint density at radius 1 is 1.38 bits per heavy atom. The molecule has 0 spiro atoms. The molecule has 21 heavy (non-hydrogen) atoms. The standard InChI is InChI=1S/C16H23ClN2O2/c17-15-7-2-1-5-13(15)11-18-16(21)12-19-9-4-3-6-14(19)8-10-20/h1-2,5,7,14,20H,3-4,6,8-12H2,(H,18,21). The predicted octanol–water partition coefficient (Wildman–Crippen LogP) is 2.19. The number of hydrogen-bond acceptors (Lipinski definition) is 3. The van der Waals surface area contributed by atoms with Crippen LogP contribution in [0.2, 0.25) is 5.02 Å². The lowest BCUT2D eigenvalue weighted by Crippen LogP contribution is -2.45. The SMILES string of the molecule is O=C(CN1CCCCC1CCO)NCc1ccccc1Cl. The van der Waals surface area contributed by atoms with Gasteiger partial charge >= 0.3 is 0 Å². The Morgan fingerprint density at radius 2 is 2.19 bits per heavy atom. The summed E-state index contributed by atoms with van der Waals surface area (Å²) in [7, 11) is 0. The molecule has 1 aliphatic rings. The van der Waals surface area contributed by atoms with Gasteiger partial charge in [-0.2, -0.15) is 0 Å². The van der Waals surface area contributed by atoms with E-state index in [9.17, 15) is 4.79 Å². The molecule has 1 fully saturated rings. The van der Waals surface area contributed by atoms with E-state index < -0.39 is 0 Å². The summed E-state index contributed by atoms with van der Waals surface area (Å²) in [5.74, 6) is 0.0137. The molecular weight excluding hydrogens is 288 g/mol. The molecule has 0 aliphatic carbocycles. The van der Waals surface area contributed by atoms with Crippen molar-refractivity contribution >= 4 is 17.5 Å². The lowest BCUT2D eigenvalue weighted by atomic mass is 10.00. The maximum atomic E-state index is 12.1. The third-order valence-electron chi connectivity index (χ3n) is 3.99. The molecule has 1 unspecified atom stereocenters.